The summed E-state index contributed by atoms with van der Waals surface area (Å²) in [6.07, 6.45) is -1.50. The number of halogens is 3. The second kappa shape index (κ2) is 6.63. The number of aliphatic hydroxyl groups excluding tert-OH is 1. The van der Waals surface area contributed by atoms with E-state index < -0.39 is 11.7 Å². The molecule has 2 fully saturated rings. The number of carbonyl (C=O) groups is 1. The summed E-state index contributed by atoms with van der Waals surface area (Å²) in [6, 6.07) is 5.79. The molecule has 1 heterocycles. The number of carbonyl (C=O) groups excluding carboxylic acids is 1. The number of hydrogen-bond donors (Lipinski definition) is 1. The minimum atomic E-state index is -4.31. The Hall–Kier alpha value is -1.56. The molecule has 0 radical (unpaired) electrons. The van der Waals surface area contributed by atoms with Gasteiger partial charge in [-0.05, 0) is 43.2 Å². The molecule has 1 aliphatic carbocycles. The number of amides is 1. The van der Waals surface area contributed by atoms with Crippen molar-refractivity contribution in [1.29, 1.82) is 0 Å². The molecule has 0 unspecified atom stereocenters. The lowest BCUT2D eigenvalue weighted by molar-refractivity contribution is -0.161. The second-order valence-corrected chi connectivity index (χ2v) is 7.62. The van der Waals surface area contributed by atoms with Gasteiger partial charge < -0.3 is 10.0 Å². The van der Waals surface area contributed by atoms with E-state index >= 15 is 0 Å². The van der Waals surface area contributed by atoms with Crippen molar-refractivity contribution in [1.82, 2.24) is 4.90 Å². The zero-order valence-corrected chi connectivity index (χ0v) is 14.4. The summed E-state index contributed by atoms with van der Waals surface area (Å²) in [5, 5.41) is 9.22. The van der Waals surface area contributed by atoms with E-state index in [0.29, 0.717) is 31.5 Å². The van der Waals surface area contributed by atoms with Crippen molar-refractivity contribution >= 4 is 5.91 Å². The molecule has 1 aliphatic heterocycles. The molecular formula is C19H24F3NO2. The first kappa shape index (κ1) is 18.2. The maximum absolute atomic E-state index is 13.1. The number of benzene rings is 1. The van der Waals surface area contributed by atoms with Crippen LogP contribution in [0.5, 0.6) is 0 Å². The van der Waals surface area contributed by atoms with Crippen molar-refractivity contribution in [2.45, 2.75) is 38.8 Å². The van der Waals surface area contributed by atoms with Crippen LogP contribution in [0.3, 0.4) is 0 Å². The molecule has 0 bridgehead atoms. The number of nitrogens with zero attached hydrogens (tertiary/aromatic N) is 1. The molecule has 3 nitrogen and oxygen atoms in total. The van der Waals surface area contributed by atoms with Crippen LogP contribution in [0.4, 0.5) is 13.2 Å². The normalized spacial score (nSPS) is 20.9. The molecule has 0 aromatic heterocycles. The third kappa shape index (κ3) is 3.54. The van der Waals surface area contributed by atoms with E-state index in [1.54, 1.807) is 17.0 Å². The van der Waals surface area contributed by atoms with E-state index in [4.69, 9.17) is 0 Å². The highest BCUT2D eigenvalue weighted by atomic mass is 19.4. The smallest absolute Gasteiger partial charge is 0.396 e. The van der Waals surface area contributed by atoms with Gasteiger partial charge >= 0.3 is 6.18 Å². The number of likely N-dealkylation sites (tertiary alicyclic amines) is 1. The number of hydrogen-bond acceptors (Lipinski definition) is 2. The molecule has 1 atom stereocenters. The fourth-order valence-electron chi connectivity index (χ4n) is 4.41. The lowest BCUT2D eigenvalue weighted by Crippen LogP contribution is -2.65. The first-order chi connectivity index (χ1) is 11.8. The summed E-state index contributed by atoms with van der Waals surface area (Å²) < 4.78 is 39.2. The van der Waals surface area contributed by atoms with E-state index in [1.807, 2.05) is 6.92 Å². The molecule has 1 aromatic carbocycles. The summed E-state index contributed by atoms with van der Waals surface area (Å²) in [7, 11) is 0. The molecule has 1 aromatic rings. The monoisotopic (exact) mass is 355 g/mol. The Labute approximate surface area is 145 Å². The largest absolute Gasteiger partial charge is 0.416 e. The fraction of sp³-hybridized carbons (Fsp3) is 0.632. The third-order valence-corrected chi connectivity index (χ3v) is 5.70. The maximum atomic E-state index is 13.1. The number of aliphatic hydroxyl groups is 1. The van der Waals surface area contributed by atoms with Gasteiger partial charge in [0.05, 0.1) is 18.1 Å². The van der Waals surface area contributed by atoms with Gasteiger partial charge in [-0.15, -0.1) is 0 Å². The zero-order chi connectivity index (χ0) is 18.2. The van der Waals surface area contributed by atoms with Crippen LogP contribution in [0, 0.1) is 17.3 Å². The van der Waals surface area contributed by atoms with Crippen molar-refractivity contribution in [3.63, 3.8) is 0 Å². The molecule has 138 valence electrons. The average molecular weight is 355 g/mol. The molecule has 2 aliphatic rings. The van der Waals surface area contributed by atoms with Crippen LogP contribution in [0.25, 0.3) is 0 Å². The van der Waals surface area contributed by atoms with Gasteiger partial charge in [-0.1, -0.05) is 25.1 Å². The second-order valence-electron chi connectivity index (χ2n) is 7.62. The van der Waals surface area contributed by atoms with Crippen molar-refractivity contribution < 1.29 is 23.1 Å². The molecule has 3 rings (SSSR count). The first-order valence-electron chi connectivity index (χ1n) is 8.83. The molecule has 6 heteroatoms. The van der Waals surface area contributed by atoms with E-state index in [1.165, 1.54) is 6.07 Å². The first-order valence-corrected chi connectivity index (χ1v) is 8.83. The standard InChI is InChI=1S/C19H24F3NO2/c1-2-14(10-24)17(25)23-11-18(12-23)8-13(9-18)7-15-5-3-4-6-16(15)19(20,21)22/h3-6,13-14,24H,2,7-12H2,1H3/t14-/m1/s1. The maximum Gasteiger partial charge on any atom is 0.416 e. The average Bonchev–Trinajstić information content (AvgIpc) is 2.48. The van der Waals surface area contributed by atoms with E-state index in [9.17, 15) is 23.1 Å². The van der Waals surface area contributed by atoms with Crippen molar-refractivity contribution in [3.8, 4) is 0 Å². The quantitative estimate of drug-likeness (QED) is 0.878. The van der Waals surface area contributed by atoms with Gasteiger partial charge in [0.25, 0.3) is 0 Å². The van der Waals surface area contributed by atoms with E-state index in [2.05, 4.69) is 0 Å². The Morgan fingerprint density at radius 2 is 1.96 bits per heavy atom. The summed E-state index contributed by atoms with van der Waals surface area (Å²) in [5.41, 5.74) is -0.0649. The van der Waals surface area contributed by atoms with Crippen molar-refractivity contribution in [2.24, 2.45) is 17.3 Å². The third-order valence-electron chi connectivity index (χ3n) is 5.70. The molecule has 1 N–H and O–H groups in total. The predicted molar refractivity (Wildman–Crippen MR) is 87.8 cm³/mol. The summed E-state index contributed by atoms with van der Waals surface area (Å²) >= 11 is 0. The van der Waals surface area contributed by atoms with Gasteiger partial charge in [-0.2, -0.15) is 13.2 Å². The molecular weight excluding hydrogens is 331 g/mol. The highest BCUT2D eigenvalue weighted by molar-refractivity contribution is 5.80. The van der Waals surface area contributed by atoms with Crippen molar-refractivity contribution in [2.75, 3.05) is 19.7 Å². The van der Waals surface area contributed by atoms with Crippen LogP contribution in [-0.2, 0) is 17.4 Å². The van der Waals surface area contributed by atoms with Gasteiger partial charge in [0.1, 0.15) is 0 Å². The minimum absolute atomic E-state index is 0.00138. The van der Waals surface area contributed by atoms with Gasteiger partial charge in [0.15, 0.2) is 0 Å². The minimum Gasteiger partial charge on any atom is -0.396 e. The SMILES string of the molecule is CC[C@H](CO)C(=O)N1CC2(CC(Cc3ccccc3C(F)(F)F)C2)C1. The molecule has 1 amide bonds. The zero-order valence-electron chi connectivity index (χ0n) is 14.4. The Bertz CT molecular complexity index is 626. The lowest BCUT2D eigenvalue weighted by Gasteiger charge is -2.59. The van der Waals surface area contributed by atoms with Crippen LogP contribution in [0.2, 0.25) is 0 Å². The summed E-state index contributed by atoms with van der Waals surface area (Å²) in [4.78, 5) is 14.0. The number of rotatable bonds is 5. The number of alkyl halides is 3. The van der Waals surface area contributed by atoms with Gasteiger partial charge in [0.2, 0.25) is 5.91 Å². The van der Waals surface area contributed by atoms with E-state index in [0.717, 1.165) is 18.9 Å². The Morgan fingerprint density at radius 3 is 2.52 bits per heavy atom. The summed E-state index contributed by atoms with van der Waals surface area (Å²) in [5.74, 6) is -0.0751. The Kier molecular flexibility index (Phi) is 4.84. The van der Waals surface area contributed by atoms with Crippen LogP contribution >= 0.6 is 0 Å². The Balaban J connectivity index is 1.53. The molecule has 1 spiro atoms. The molecule has 1 saturated heterocycles. The van der Waals surface area contributed by atoms with Crippen LogP contribution in [-0.4, -0.2) is 35.6 Å². The highest BCUT2D eigenvalue weighted by Crippen LogP contribution is 2.53. The van der Waals surface area contributed by atoms with E-state index in [-0.39, 0.29) is 29.8 Å². The predicted octanol–water partition coefficient (Wildman–Crippen LogP) is 3.51. The van der Waals surface area contributed by atoms with Crippen molar-refractivity contribution in [3.05, 3.63) is 35.4 Å². The van der Waals surface area contributed by atoms with Gasteiger partial charge in [-0.3, -0.25) is 4.79 Å². The lowest BCUT2D eigenvalue weighted by atomic mass is 9.56. The van der Waals surface area contributed by atoms with Crippen LogP contribution in [0.1, 0.15) is 37.3 Å². The molecule has 1 saturated carbocycles. The fourth-order valence-corrected chi connectivity index (χ4v) is 4.41. The van der Waals surface area contributed by atoms with Crippen LogP contribution < -0.4 is 0 Å². The highest BCUT2D eigenvalue weighted by Gasteiger charge is 2.54. The van der Waals surface area contributed by atoms with Gasteiger partial charge in [0, 0.05) is 18.5 Å². The Morgan fingerprint density at radius 1 is 1.32 bits per heavy atom. The van der Waals surface area contributed by atoms with Gasteiger partial charge in [-0.25, -0.2) is 0 Å². The molecule has 25 heavy (non-hydrogen) atoms. The van der Waals surface area contributed by atoms with Crippen LogP contribution in [0.15, 0.2) is 24.3 Å². The summed E-state index contributed by atoms with van der Waals surface area (Å²) in [6.45, 7) is 3.11. The topological polar surface area (TPSA) is 40.5 Å².